The van der Waals surface area contributed by atoms with Gasteiger partial charge in [0, 0.05) is 5.56 Å². The summed E-state index contributed by atoms with van der Waals surface area (Å²) in [6.07, 6.45) is 0. The van der Waals surface area contributed by atoms with Crippen molar-refractivity contribution in [1.82, 2.24) is 0 Å². The molecule has 0 saturated carbocycles. The Morgan fingerprint density at radius 3 is 2.62 bits per heavy atom. The molecule has 0 bridgehead atoms. The van der Waals surface area contributed by atoms with Crippen molar-refractivity contribution in [2.45, 2.75) is 13.5 Å². The van der Waals surface area contributed by atoms with Gasteiger partial charge in [0.1, 0.15) is 17.4 Å². The van der Waals surface area contributed by atoms with Gasteiger partial charge in [-0.1, -0.05) is 24.4 Å². The Morgan fingerprint density at radius 1 is 1.19 bits per heavy atom. The van der Waals surface area contributed by atoms with Gasteiger partial charge in [-0.25, -0.2) is 4.39 Å². The van der Waals surface area contributed by atoms with Crippen LogP contribution in [0.5, 0.6) is 11.5 Å². The van der Waals surface area contributed by atoms with E-state index in [4.69, 9.17) is 27.4 Å². The highest BCUT2D eigenvalue weighted by atomic mass is 32.1. The quantitative estimate of drug-likeness (QED) is 0.860. The van der Waals surface area contributed by atoms with Crippen molar-refractivity contribution in [2.75, 3.05) is 7.11 Å². The number of halogens is 1. The second-order valence-electron chi connectivity index (χ2n) is 4.62. The lowest BCUT2D eigenvalue weighted by Crippen LogP contribution is -2.12. The molecular formula is C16H16FNO2S. The highest BCUT2D eigenvalue weighted by Crippen LogP contribution is 2.28. The van der Waals surface area contributed by atoms with Gasteiger partial charge in [0.05, 0.1) is 7.11 Å². The van der Waals surface area contributed by atoms with Crippen LogP contribution in [-0.2, 0) is 6.61 Å². The van der Waals surface area contributed by atoms with E-state index in [2.05, 4.69) is 0 Å². The van der Waals surface area contributed by atoms with Crippen LogP contribution in [0.4, 0.5) is 4.39 Å². The Bertz CT molecular complexity index is 673. The zero-order chi connectivity index (χ0) is 15.4. The predicted molar refractivity (Wildman–Crippen MR) is 84.4 cm³/mol. The number of rotatable bonds is 5. The summed E-state index contributed by atoms with van der Waals surface area (Å²) in [5.41, 5.74) is 7.57. The molecule has 0 unspecified atom stereocenters. The molecule has 0 amide bonds. The van der Waals surface area contributed by atoms with E-state index < -0.39 is 5.82 Å². The molecule has 0 fully saturated rings. The highest BCUT2D eigenvalue weighted by Gasteiger charge is 2.08. The van der Waals surface area contributed by atoms with E-state index in [0.717, 1.165) is 11.1 Å². The number of ether oxygens (including phenoxy) is 2. The van der Waals surface area contributed by atoms with Gasteiger partial charge >= 0.3 is 0 Å². The van der Waals surface area contributed by atoms with Crippen LogP contribution < -0.4 is 15.2 Å². The van der Waals surface area contributed by atoms with Crippen molar-refractivity contribution < 1.29 is 13.9 Å². The van der Waals surface area contributed by atoms with E-state index in [1.165, 1.54) is 6.07 Å². The molecule has 2 aromatic rings. The lowest BCUT2D eigenvalue weighted by Gasteiger charge is -2.12. The van der Waals surface area contributed by atoms with Gasteiger partial charge < -0.3 is 15.2 Å². The molecule has 0 heterocycles. The van der Waals surface area contributed by atoms with Crippen molar-refractivity contribution in [2.24, 2.45) is 5.73 Å². The standard InChI is InChI=1S/C16H16FNO2S/c1-10-3-6-14(15(7-10)19-2)20-9-11-4-5-13(17)12(8-11)16(18)21/h3-8H,9H2,1-2H3,(H2,18,21). The summed E-state index contributed by atoms with van der Waals surface area (Å²) in [4.78, 5) is 0.0299. The van der Waals surface area contributed by atoms with Crippen LogP contribution >= 0.6 is 12.2 Å². The van der Waals surface area contributed by atoms with Crippen LogP contribution in [0.3, 0.4) is 0 Å². The van der Waals surface area contributed by atoms with Gasteiger partial charge in [-0.15, -0.1) is 0 Å². The van der Waals surface area contributed by atoms with E-state index in [9.17, 15) is 4.39 Å². The molecule has 3 nitrogen and oxygen atoms in total. The van der Waals surface area contributed by atoms with Gasteiger partial charge in [-0.3, -0.25) is 0 Å². The molecule has 0 aromatic heterocycles. The molecule has 0 atom stereocenters. The van der Waals surface area contributed by atoms with Crippen molar-refractivity contribution in [1.29, 1.82) is 0 Å². The molecule has 0 radical (unpaired) electrons. The minimum Gasteiger partial charge on any atom is -0.493 e. The maximum Gasteiger partial charge on any atom is 0.161 e. The first-order valence-electron chi connectivity index (χ1n) is 6.37. The van der Waals surface area contributed by atoms with E-state index in [-0.39, 0.29) is 17.2 Å². The Balaban J connectivity index is 2.17. The van der Waals surface area contributed by atoms with Crippen LogP contribution in [0.25, 0.3) is 0 Å². The van der Waals surface area contributed by atoms with Crippen LogP contribution in [0.15, 0.2) is 36.4 Å². The summed E-state index contributed by atoms with van der Waals surface area (Å²) in [6, 6.07) is 10.2. The summed E-state index contributed by atoms with van der Waals surface area (Å²) < 4.78 is 24.5. The van der Waals surface area contributed by atoms with Crippen LogP contribution in [0, 0.1) is 12.7 Å². The van der Waals surface area contributed by atoms with Gasteiger partial charge in [0.25, 0.3) is 0 Å². The average molecular weight is 305 g/mol. The summed E-state index contributed by atoms with van der Waals surface area (Å²) in [5, 5.41) is 0. The Hall–Kier alpha value is -2.14. The van der Waals surface area contributed by atoms with Gasteiger partial charge in [0.15, 0.2) is 11.5 Å². The molecule has 0 saturated heterocycles. The van der Waals surface area contributed by atoms with Crippen LogP contribution in [0.2, 0.25) is 0 Å². The molecule has 21 heavy (non-hydrogen) atoms. The topological polar surface area (TPSA) is 44.5 Å². The number of benzene rings is 2. The second kappa shape index (κ2) is 6.54. The molecule has 2 N–H and O–H groups in total. The van der Waals surface area contributed by atoms with Crippen LogP contribution in [-0.4, -0.2) is 12.1 Å². The smallest absolute Gasteiger partial charge is 0.161 e. The molecular weight excluding hydrogens is 289 g/mol. The fourth-order valence-electron chi connectivity index (χ4n) is 1.91. The summed E-state index contributed by atoms with van der Waals surface area (Å²) in [5.74, 6) is 0.857. The fraction of sp³-hybridized carbons (Fsp3) is 0.188. The fourth-order valence-corrected chi connectivity index (χ4v) is 2.06. The maximum absolute atomic E-state index is 13.5. The minimum absolute atomic E-state index is 0.0299. The third-order valence-electron chi connectivity index (χ3n) is 3.01. The summed E-state index contributed by atoms with van der Waals surface area (Å²) in [7, 11) is 1.59. The minimum atomic E-state index is -0.431. The van der Waals surface area contributed by atoms with Crippen molar-refractivity contribution in [3.05, 3.63) is 58.9 Å². The molecule has 0 aliphatic heterocycles. The molecule has 2 aromatic carbocycles. The SMILES string of the molecule is COc1cc(C)ccc1OCc1ccc(F)c(C(N)=S)c1. The zero-order valence-electron chi connectivity index (χ0n) is 11.9. The molecule has 2 rings (SSSR count). The van der Waals surface area contributed by atoms with Gasteiger partial charge in [-0.2, -0.15) is 0 Å². The Kier molecular flexibility index (Phi) is 4.75. The molecule has 0 spiro atoms. The summed E-state index contributed by atoms with van der Waals surface area (Å²) >= 11 is 4.82. The molecule has 110 valence electrons. The molecule has 0 aliphatic carbocycles. The van der Waals surface area contributed by atoms with Gasteiger partial charge in [0.2, 0.25) is 0 Å². The third kappa shape index (κ3) is 3.70. The lowest BCUT2D eigenvalue weighted by molar-refractivity contribution is 0.284. The van der Waals surface area contributed by atoms with E-state index >= 15 is 0 Å². The second-order valence-corrected chi connectivity index (χ2v) is 5.06. The maximum atomic E-state index is 13.5. The number of nitrogens with two attached hydrogens (primary N) is 1. The predicted octanol–water partition coefficient (Wildman–Crippen LogP) is 3.36. The van der Waals surface area contributed by atoms with Crippen molar-refractivity contribution >= 4 is 17.2 Å². The van der Waals surface area contributed by atoms with Crippen molar-refractivity contribution in [3.63, 3.8) is 0 Å². The monoisotopic (exact) mass is 305 g/mol. The lowest BCUT2D eigenvalue weighted by atomic mass is 10.1. The zero-order valence-corrected chi connectivity index (χ0v) is 12.7. The Labute approximate surface area is 128 Å². The first kappa shape index (κ1) is 15.3. The number of thiocarbonyl (C=S) groups is 1. The van der Waals surface area contributed by atoms with E-state index in [1.807, 2.05) is 25.1 Å². The van der Waals surface area contributed by atoms with E-state index in [0.29, 0.717) is 11.5 Å². The van der Waals surface area contributed by atoms with E-state index in [1.54, 1.807) is 19.2 Å². The largest absolute Gasteiger partial charge is 0.493 e. The van der Waals surface area contributed by atoms with Crippen molar-refractivity contribution in [3.8, 4) is 11.5 Å². The average Bonchev–Trinajstić information content (AvgIpc) is 2.46. The van der Waals surface area contributed by atoms with Gasteiger partial charge in [-0.05, 0) is 42.3 Å². The number of methoxy groups -OCH3 is 1. The number of hydrogen-bond donors (Lipinski definition) is 1. The Morgan fingerprint density at radius 2 is 1.95 bits per heavy atom. The number of aryl methyl sites for hydroxylation is 1. The first-order valence-corrected chi connectivity index (χ1v) is 6.77. The third-order valence-corrected chi connectivity index (χ3v) is 3.23. The first-order chi connectivity index (χ1) is 10.0. The molecule has 0 aliphatic rings. The highest BCUT2D eigenvalue weighted by molar-refractivity contribution is 7.80. The molecule has 5 heteroatoms. The van der Waals surface area contributed by atoms with Crippen LogP contribution in [0.1, 0.15) is 16.7 Å². The summed E-state index contributed by atoms with van der Waals surface area (Å²) in [6.45, 7) is 2.25. The number of hydrogen-bond acceptors (Lipinski definition) is 3. The normalized spacial score (nSPS) is 10.2.